The maximum Gasteiger partial charge on any atom is 0.119 e. The van der Waals surface area contributed by atoms with Crippen LogP contribution in [0.15, 0.2) is 29.6 Å². The first-order valence-electron chi connectivity index (χ1n) is 8.26. The van der Waals surface area contributed by atoms with Crippen molar-refractivity contribution in [2.24, 2.45) is 0 Å². The van der Waals surface area contributed by atoms with Gasteiger partial charge in [0.25, 0.3) is 0 Å². The largest absolute Gasteiger partial charge is 0.378 e. The molecule has 23 heavy (non-hydrogen) atoms. The van der Waals surface area contributed by atoms with Gasteiger partial charge in [0.15, 0.2) is 0 Å². The van der Waals surface area contributed by atoms with Gasteiger partial charge in [-0.1, -0.05) is 31.2 Å². The van der Waals surface area contributed by atoms with E-state index in [0.29, 0.717) is 12.6 Å². The molecule has 2 heterocycles. The molecule has 0 aliphatic carbocycles. The third kappa shape index (κ3) is 4.18. The lowest BCUT2D eigenvalue weighted by atomic mass is 10.0. The van der Waals surface area contributed by atoms with Crippen molar-refractivity contribution in [3.63, 3.8) is 0 Å². The SMILES string of the molecule is CCc1ccc(C2CNCCN2Cc2csc(COC)n2)cc1. The summed E-state index contributed by atoms with van der Waals surface area (Å²) in [7, 11) is 1.72. The van der Waals surface area contributed by atoms with Crippen molar-refractivity contribution in [2.75, 3.05) is 26.7 Å². The minimum absolute atomic E-state index is 0.419. The van der Waals surface area contributed by atoms with Crippen molar-refractivity contribution >= 4 is 11.3 Å². The fourth-order valence-electron chi connectivity index (χ4n) is 3.06. The van der Waals surface area contributed by atoms with Gasteiger partial charge >= 0.3 is 0 Å². The van der Waals surface area contributed by atoms with Gasteiger partial charge < -0.3 is 10.1 Å². The Balaban J connectivity index is 1.72. The third-order valence-corrected chi connectivity index (χ3v) is 5.23. The number of hydrogen-bond acceptors (Lipinski definition) is 5. The molecular formula is C18H25N3OS. The number of thiazole rings is 1. The van der Waals surface area contributed by atoms with E-state index < -0.39 is 0 Å². The number of aromatic nitrogens is 1. The van der Waals surface area contributed by atoms with Crippen LogP contribution in [0.25, 0.3) is 0 Å². The van der Waals surface area contributed by atoms with Gasteiger partial charge in [-0.25, -0.2) is 4.98 Å². The van der Waals surface area contributed by atoms with E-state index in [1.807, 2.05) is 0 Å². The van der Waals surface area contributed by atoms with Crippen LogP contribution in [0, 0.1) is 0 Å². The van der Waals surface area contributed by atoms with Crippen molar-refractivity contribution < 1.29 is 4.74 Å². The first kappa shape index (κ1) is 16.6. The molecule has 1 aliphatic rings. The molecule has 0 amide bonds. The fourth-order valence-corrected chi connectivity index (χ4v) is 3.81. The van der Waals surface area contributed by atoms with Crippen LogP contribution in [0.1, 0.15) is 34.8 Å². The Kier molecular flexibility index (Phi) is 5.78. The number of nitrogens with zero attached hydrogens (tertiary/aromatic N) is 2. The summed E-state index contributed by atoms with van der Waals surface area (Å²) >= 11 is 1.69. The van der Waals surface area contributed by atoms with Gasteiger partial charge in [-0.05, 0) is 17.5 Å². The van der Waals surface area contributed by atoms with Crippen LogP contribution in [0.2, 0.25) is 0 Å². The molecule has 1 aliphatic heterocycles. The highest BCUT2D eigenvalue weighted by molar-refractivity contribution is 7.09. The number of benzene rings is 1. The number of piperazine rings is 1. The normalized spacial score (nSPS) is 19.1. The van der Waals surface area contributed by atoms with E-state index in [4.69, 9.17) is 4.74 Å². The van der Waals surface area contributed by atoms with Gasteiger partial charge in [0.2, 0.25) is 0 Å². The molecule has 124 valence electrons. The Morgan fingerprint density at radius 3 is 2.91 bits per heavy atom. The summed E-state index contributed by atoms with van der Waals surface area (Å²) < 4.78 is 5.17. The molecule has 1 saturated heterocycles. The van der Waals surface area contributed by atoms with Gasteiger partial charge in [-0.3, -0.25) is 4.90 Å². The summed E-state index contributed by atoms with van der Waals surface area (Å²) in [5, 5.41) is 6.74. The highest BCUT2D eigenvalue weighted by Gasteiger charge is 2.24. The molecule has 1 N–H and O–H groups in total. The van der Waals surface area contributed by atoms with Crippen molar-refractivity contribution in [3.8, 4) is 0 Å². The van der Waals surface area contributed by atoms with Crippen molar-refractivity contribution in [3.05, 3.63) is 51.5 Å². The fraction of sp³-hybridized carbons (Fsp3) is 0.500. The Morgan fingerprint density at radius 1 is 1.35 bits per heavy atom. The molecule has 1 unspecified atom stereocenters. The summed E-state index contributed by atoms with van der Waals surface area (Å²) in [5.74, 6) is 0. The topological polar surface area (TPSA) is 37.4 Å². The van der Waals surface area contributed by atoms with Gasteiger partial charge in [0, 0.05) is 44.7 Å². The highest BCUT2D eigenvalue weighted by Crippen LogP contribution is 2.25. The number of rotatable bonds is 6. The van der Waals surface area contributed by atoms with Gasteiger partial charge in [-0.2, -0.15) is 0 Å². The van der Waals surface area contributed by atoms with E-state index >= 15 is 0 Å². The Labute approximate surface area is 142 Å². The van der Waals surface area contributed by atoms with E-state index in [1.165, 1.54) is 11.1 Å². The molecule has 1 atom stereocenters. The second-order valence-electron chi connectivity index (χ2n) is 5.95. The number of nitrogens with one attached hydrogen (secondary N) is 1. The summed E-state index contributed by atoms with van der Waals surface area (Å²) in [5.41, 5.74) is 3.94. The van der Waals surface area contributed by atoms with Gasteiger partial charge in [0.05, 0.1) is 12.3 Å². The van der Waals surface area contributed by atoms with Crippen molar-refractivity contribution in [1.82, 2.24) is 15.2 Å². The zero-order valence-corrected chi connectivity index (χ0v) is 14.7. The van der Waals surface area contributed by atoms with E-state index in [-0.39, 0.29) is 0 Å². The molecule has 1 fully saturated rings. The minimum Gasteiger partial charge on any atom is -0.378 e. The van der Waals surface area contributed by atoms with Crippen LogP contribution in [0.5, 0.6) is 0 Å². The molecule has 4 nitrogen and oxygen atoms in total. The summed E-state index contributed by atoms with van der Waals surface area (Å²) in [6, 6.07) is 9.48. The maximum absolute atomic E-state index is 5.17. The summed E-state index contributed by atoms with van der Waals surface area (Å²) in [6.07, 6.45) is 1.09. The monoisotopic (exact) mass is 331 g/mol. The molecule has 1 aromatic heterocycles. The standard InChI is InChI=1S/C18H25N3OS/c1-3-14-4-6-15(7-5-14)17-10-19-8-9-21(17)11-16-13-23-18(20-16)12-22-2/h4-7,13,17,19H,3,8-12H2,1-2H3. The van der Waals surface area contributed by atoms with E-state index in [2.05, 4.69) is 51.8 Å². The predicted octanol–water partition coefficient (Wildman–Crippen LogP) is 3.00. The van der Waals surface area contributed by atoms with Crippen molar-refractivity contribution in [2.45, 2.75) is 32.5 Å². The average Bonchev–Trinajstić information content (AvgIpc) is 3.03. The van der Waals surface area contributed by atoms with Crippen LogP contribution in [0.3, 0.4) is 0 Å². The lowest BCUT2D eigenvalue weighted by molar-refractivity contribution is 0.151. The lowest BCUT2D eigenvalue weighted by Gasteiger charge is -2.36. The second kappa shape index (κ2) is 8.02. The quantitative estimate of drug-likeness (QED) is 0.883. The molecule has 0 saturated carbocycles. The zero-order chi connectivity index (χ0) is 16.1. The van der Waals surface area contributed by atoms with Crippen LogP contribution in [-0.2, 0) is 24.3 Å². The van der Waals surface area contributed by atoms with Crippen LogP contribution in [-0.4, -0.2) is 36.6 Å². The van der Waals surface area contributed by atoms with Gasteiger partial charge in [-0.15, -0.1) is 11.3 Å². The molecular weight excluding hydrogens is 306 g/mol. The number of methoxy groups -OCH3 is 1. The molecule has 0 spiro atoms. The highest BCUT2D eigenvalue weighted by atomic mass is 32.1. The second-order valence-corrected chi connectivity index (χ2v) is 6.89. The summed E-state index contributed by atoms with van der Waals surface area (Å²) in [6.45, 7) is 6.80. The Morgan fingerprint density at radius 2 is 2.17 bits per heavy atom. The van der Waals surface area contributed by atoms with Crippen LogP contribution in [0.4, 0.5) is 0 Å². The van der Waals surface area contributed by atoms with Crippen molar-refractivity contribution in [1.29, 1.82) is 0 Å². The zero-order valence-electron chi connectivity index (χ0n) is 13.9. The van der Waals surface area contributed by atoms with E-state index in [1.54, 1.807) is 18.4 Å². The number of aryl methyl sites for hydroxylation is 1. The van der Waals surface area contributed by atoms with E-state index in [9.17, 15) is 0 Å². The number of hydrogen-bond donors (Lipinski definition) is 1. The van der Waals surface area contributed by atoms with Crippen LogP contribution < -0.4 is 5.32 Å². The number of ether oxygens (including phenoxy) is 1. The molecule has 0 radical (unpaired) electrons. The first-order valence-corrected chi connectivity index (χ1v) is 9.14. The molecule has 2 aromatic rings. The molecule has 3 rings (SSSR count). The van der Waals surface area contributed by atoms with Gasteiger partial charge in [0.1, 0.15) is 5.01 Å². The predicted molar refractivity (Wildman–Crippen MR) is 94.7 cm³/mol. The smallest absolute Gasteiger partial charge is 0.119 e. The first-order chi connectivity index (χ1) is 11.3. The molecule has 1 aromatic carbocycles. The third-order valence-electron chi connectivity index (χ3n) is 4.36. The average molecular weight is 331 g/mol. The Hall–Kier alpha value is -1.27. The van der Waals surface area contributed by atoms with Crippen LogP contribution >= 0.6 is 11.3 Å². The van der Waals surface area contributed by atoms with E-state index in [0.717, 1.165) is 43.3 Å². The Bertz CT molecular complexity index is 611. The summed E-state index contributed by atoms with van der Waals surface area (Å²) in [4.78, 5) is 7.21. The maximum atomic E-state index is 5.17. The lowest BCUT2D eigenvalue weighted by Crippen LogP contribution is -2.45. The molecule has 0 bridgehead atoms. The molecule has 5 heteroatoms. The minimum atomic E-state index is 0.419.